The first-order chi connectivity index (χ1) is 7.95. The molecule has 0 aliphatic carbocycles. The van der Waals surface area contributed by atoms with Crippen molar-refractivity contribution in [2.45, 2.75) is 5.76 Å². The van der Waals surface area contributed by atoms with Crippen LogP contribution in [-0.4, -0.2) is 20.7 Å². The summed E-state index contributed by atoms with van der Waals surface area (Å²) in [5.74, 6) is 1.87. The number of sulfonamides is 1. The van der Waals surface area contributed by atoms with Crippen molar-refractivity contribution >= 4 is 15.7 Å². The Morgan fingerprint density at radius 1 is 1.29 bits per heavy atom. The maximum Gasteiger partial charge on any atom is 0.355 e. The number of halogens is 2. The van der Waals surface area contributed by atoms with E-state index in [1.54, 1.807) is 4.72 Å². The molecule has 0 spiro atoms. The average molecular weight is 260 g/mol. The zero-order chi connectivity index (χ0) is 12.9. The lowest BCUT2D eigenvalue weighted by molar-refractivity contribution is 0.236. The summed E-state index contributed by atoms with van der Waals surface area (Å²) in [6, 6.07) is 5.71. The molecular formula is C10H10F2N2O2S. The van der Waals surface area contributed by atoms with Crippen molar-refractivity contribution in [2.24, 2.45) is 5.73 Å². The summed E-state index contributed by atoms with van der Waals surface area (Å²) >= 11 is 0. The lowest BCUT2D eigenvalue weighted by atomic mass is 10.2. The van der Waals surface area contributed by atoms with E-state index in [0.717, 1.165) is 0 Å². The van der Waals surface area contributed by atoms with Crippen molar-refractivity contribution in [3.8, 4) is 11.8 Å². The minimum absolute atomic E-state index is 0.0589. The first kappa shape index (κ1) is 13.4. The van der Waals surface area contributed by atoms with Gasteiger partial charge >= 0.3 is 5.76 Å². The Morgan fingerprint density at radius 2 is 1.88 bits per heavy atom. The Balaban J connectivity index is 2.83. The van der Waals surface area contributed by atoms with E-state index in [4.69, 9.17) is 5.73 Å². The van der Waals surface area contributed by atoms with Gasteiger partial charge < -0.3 is 5.73 Å². The fourth-order valence-corrected chi connectivity index (χ4v) is 1.54. The number of rotatable bonds is 3. The summed E-state index contributed by atoms with van der Waals surface area (Å²) in [4.78, 5) is 0. The molecule has 7 heteroatoms. The topological polar surface area (TPSA) is 72.2 Å². The summed E-state index contributed by atoms with van der Waals surface area (Å²) in [5, 5.41) is 0. The molecule has 0 heterocycles. The fraction of sp³-hybridized carbons (Fsp3) is 0.200. The summed E-state index contributed by atoms with van der Waals surface area (Å²) < 4.78 is 47.6. The Labute approximate surface area is 97.9 Å². The van der Waals surface area contributed by atoms with Gasteiger partial charge in [0.2, 0.25) is 0 Å². The molecule has 0 radical (unpaired) electrons. The molecule has 4 nitrogen and oxygen atoms in total. The van der Waals surface area contributed by atoms with E-state index in [1.165, 1.54) is 24.3 Å². The number of benzene rings is 1. The average Bonchev–Trinajstić information content (AvgIpc) is 2.27. The molecule has 1 rings (SSSR count). The lowest BCUT2D eigenvalue weighted by Gasteiger charge is -2.06. The van der Waals surface area contributed by atoms with Gasteiger partial charge in [-0.15, -0.1) is 0 Å². The molecule has 1 aromatic rings. The van der Waals surface area contributed by atoms with Gasteiger partial charge in [-0.1, -0.05) is 11.8 Å². The first-order valence-electron chi connectivity index (χ1n) is 4.54. The Hall–Kier alpha value is -1.65. The van der Waals surface area contributed by atoms with E-state index in [0.29, 0.717) is 5.56 Å². The Bertz CT molecular complexity index is 530. The predicted molar refractivity (Wildman–Crippen MR) is 60.9 cm³/mol. The molecule has 0 aliphatic rings. The molecule has 0 bridgehead atoms. The van der Waals surface area contributed by atoms with Crippen LogP contribution in [0.5, 0.6) is 0 Å². The third-order valence-electron chi connectivity index (χ3n) is 1.71. The van der Waals surface area contributed by atoms with Crippen molar-refractivity contribution in [1.82, 2.24) is 0 Å². The lowest BCUT2D eigenvalue weighted by Crippen LogP contribution is -2.20. The minimum atomic E-state index is -4.62. The van der Waals surface area contributed by atoms with Gasteiger partial charge in [-0.05, 0) is 24.3 Å². The van der Waals surface area contributed by atoms with Crippen molar-refractivity contribution in [2.75, 3.05) is 11.3 Å². The summed E-state index contributed by atoms with van der Waals surface area (Å²) in [6.07, 6.45) is 0. The molecule has 0 unspecified atom stereocenters. The highest BCUT2D eigenvalue weighted by Gasteiger charge is 2.23. The maximum absolute atomic E-state index is 12.1. The van der Waals surface area contributed by atoms with E-state index in [-0.39, 0.29) is 12.2 Å². The van der Waals surface area contributed by atoms with Crippen LogP contribution in [0.15, 0.2) is 24.3 Å². The van der Waals surface area contributed by atoms with E-state index >= 15 is 0 Å². The number of nitrogens with two attached hydrogens (primary N) is 1. The van der Waals surface area contributed by atoms with E-state index in [2.05, 4.69) is 11.8 Å². The minimum Gasteiger partial charge on any atom is -0.320 e. The third-order valence-corrected chi connectivity index (χ3v) is 2.70. The van der Waals surface area contributed by atoms with Crippen LogP contribution < -0.4 is 10.5 Å². The molecule has 17 heavy (non-hydrogen) atoms. The fourth-order valence-electron chi connectivity index (χ4n) is 0.984. The normalized spacial score (nSPS) is 10.8. The van der Waals surface area contributed by atoms with Gasteiger partial charge in [0.1, 0.15) is 0 Å². The van der Waals surface area contributed by atoms with Gasteiger partial charge in [-0.25, -0.2) is 8.42 Å². The smallest absolute Gasteiger partial charge is 0.320 e. The third kappa shape index (κ3) is 4.01. The zero-order valence-corrected chi connectivity index (χ0v) is 9.47. The van der Waals surface area contributed by atoms with Crippen LogP contribution in [0, 0.1) is 11.8 Å². The van der Waals surface area contributed by atoms with Crippen molar-refractivity contribution in [3.63, 3.8) is 0 Å². The quantitative estimate of drug-likeness (QED) is 0.795. The predicted octanol–water partition coefficient (Wildman–Crippen LogP) is 0.961. The van der Waals surface area contributed by atoms with Crippen LogP contribution in [0.25, 0.3) is 0 Å². The molecule has 0 amide bonds. The number of hydrogen-bond acceptors (Lipinski definition) is 3. The second-order valence-corrected chi connectivity index (χ2v) is 4.64. The van der Waals surface area contributed by atoms with E-state index < -0.39 is 15.8 Å². The van der Waals surface area contributed by atoms with Gasteiger partial charge in [0.25, 0.3) is 10.0 Å². The van der Waals surface area contributed by atoms with Crippen molar-refractivity contribution in [3.05, 3.63) is 29.8 Å². The monoisotopic (exact) mass is 260 g/mol. The molecule has 92 valence electrons. The summed E-state index contributed by atoms with van der Waals surface area (Å²) in [5.41, 5.74) is 5.85. The molecule has 3 N–H and O–H groups in total. The summed E-state index contributed by atoms with van der Waals surface area (Å²) in [6.45, 7) is 0.208. The van der Waals surface area contributed by atoms with Crippen molar-refractivity contribution < 1.29 is 17.2 Å². The van der Waals surface area contributed by atoms with Crippen LogP contribution in [0.4, 0.5) is 14.5 Å². The standard InChI is InChI=1S/C10H10F2N2O2S/c11-10(12)17(15,16)14-9-5-3-8(4-6-9)2-1-7-13/h3-6,10,14H,7,13H2. The molecule has 0 saturated heterocycles. The Kier molecular flexibility index (Phi) is 4.43. The first-order valence-corrected chi connectivity index (χ1v) is 6.09. The van der Waals surface area contributed by atoms with Gasteiger partial charge in [-0.2, -0.15) is 8.78 Å². The second kappa shape index (κ2) is 5.61. The Morgan fingerprint density at radius 3 is 2.35 bits per heavy atom. The SMILES string of the molecule is NCC#Cc1ccc(NS(=O)(=O)C(F)F)cc1. The van der Waals surface area contributed by atoms with Crippen LogP contribution in [0.3, 0.4) is 0 Å². The van der Waals surface area contributed by atoms with E-state index in [1.807, 2.05) is 0 Å². The number of anilines is 1. The molecule has 0 aliphatic heterocycles. The summed E-state index contributed by atoms with van der Waals surface area (Å²) in [7, 11) is -4.62. The van der Waals surface area contributed by atoms with Crippen LogP contribution in [0.1, 0.15) is 5.56 Å². The van der Waals surface area contributed by atoms with Crippen LogP contribution >= 0.6 is 0 Å². The largest absolute Gasteiger partial charge is 0.355 e. The molecule has 0 aromatic heterocycles. The highest BCUT2D eigenvalue weighted by molar-refractivity contribution is 7.93. The van der Waals surface area contributed by atoms with Crippen LogP contribution in [0.2, 0.25) is 0 Å². The number of nitrogens with one attached hydrogen (secondary N) is 1. The van der Waals surface area contributed by atoms with Crippen LogP contribution in [-0.2, 0) is 10.0 Å². The van der Waals surface area contributed by atoms with E-state index in [9.17, 15) is 17.2 Å². The highest BCUT2D eigenvalue weighted by atomic mass is 32.2. The van der Waals surface area contributed by atoms with Gasteiger partial charge in [0, 0.05) is 11.3 Å². The second-order valence-electron chi connectivity index (χ2n) is 2.99. The number of alkyl halides is 2. The molecule has 1 aromatic carbocycles. The molecule has 0 atom stereocenters. The maximum atomic E-state index is 12.1. The van der Waals surface area contributed by atoms with Crippen molar-refractivity contribution in [1.29, 1.82) is 0 Å². The van der Waals surface area contributed by atoms with Gasteiger partial charge in [0.05, 0.1) is 6.54 Å². The van der Waals surface area contributed by atoms with Gasteiger partial charge in [0.15, 0.2) is 0 Å². The molecule has 0 fully saturated rings. The highest BCUT2D eigenvalue weighted by Crippen LogP contribution is 2.14. The zero-order valence-electron chi connectivity index (χ0n) is 8.65. The molecular weight excluding hydrogens is 250 g/mol. The molecule has 0 saturated carbocycles. The number of hydrogen-bond donors (Lipinski definition) is 2. The van der Waals surface area contributed by atoms with Gasteiger partial charge in [-0.3, -0.25) is 4.72 Å².